The number of amides is 1. The van der Waals surface area contributed by atoms with E-state index in [2.05, 4.69) is 26.6 Å². The van der Waals surface area contributed by atoms with Crippen LogP contribution in [-0.2, 0) is 4.79 Å². The molecule has 1 amide bonds. The molecule has 6 heteroatoms. The summed E-state index contributed by atoms with van der Waals surface area (Å²) in [6.07, 6.45) is 0. The third-order valence-corrected chi connectivity index (χ3v) is 3.79. The topological polar surface area (TPSA) is 59.6 Å². The maximum absolute atomic E-state index is 12.2. The van der Waals surface area contributed by atoms with Gasteiger partial charge < -0.3 is 20.1 Å². The van der Waals surface area contributed by atoms with Crippen molar-refractivity contribution in [2.45, 2.75) is 13.0 Å². The van der Waals surface area contributed by atoms with Crippen LogP contribution in [0.25, 0.3) is 0 Å². The molecule has 0 spiro atoms. The first-order valence-corrected chi connectivity index (χ1v) is 7.64. The van der Waals surface area contributed by atoms with E-state index >= 15 is 0 Å². The lowest BCUT2D eigenvalue weighted by Crippen LogP contribution is -2.31. The van der Waals surface area contributed by atoms with E-state index in [0.29, 0.717) is 5.75 Å². The largest absolute Gasteiger partial charge is 0.454 e. The van der Waals surface area contributed by atoms with Crippen LogP contribution in [0.3, 0.4) is 0 Å². The molecule has 0 fully saturated rings. The number of anilines is 2. The zero-order valence-electron chi connectivity index (χ0n) is 11.9. The molecular formula is C16H15BrN2O3. The SMILES string of the molecule is C[C@@H](Nc1ccc2c(c1)OCO2)C(=O)Nc1ccc(Br)cc1. The zero-order valence-corrected chi connectivity index (χ0v) is 13.5. The van der Waals surface area contributed by atoms with Crippen LogP contribution in [0.4, 0.5) is 11.4 Å². The van der Waals surface area contributed by atoms with Crippen molar-refractivity contribution in [2.24, 2.45) is 0 Å². The number of carbonyl (C=O) groups is 1. The standard InChI is InChI=1S/C16H15BrN2O3/c1-10(16(20)19-12-4-2-11(17)3-5-12)18-13-6-7-14-15(8-13)22-9-21-14/h2-8,10,18H,9H2,1H3,(H,19,20)/t10-/m1/s1. The Hall–Kier alpha value is -2.21. The quantitative estimate of drug-likeness (QED) is 0.871. The first kappa shape index (κ1) is 14.7. The number of nitrogens with one attached hydrogen (secondary N) is 2. The normalized spacial score (nSPS) is 13.5. The van der Waals surface area contributed by atoms with E-state index in [9.17, 15) is 4.79 Å². The molecule has 2 aromatic rings. The number of fused-ring (bicyclic) bond motifs is 1. The van der Waals surface area contributed by atoms with Crippen LogP contribution < -0.4 is 20.1 Å². The lowest BCUT2D eigenvalue weighted by atomic mass is 10.2. The molecule has 2 N–H and O–H groups in total. The molecule has 1 aliphatic heterocycles. The Kier molecular flexibility index (Phi) is 4.20. The molecular weight excluding hydrogens is 348 g/mol. The highest BCUT2D eigenvalue weighted by Crippen LogP contribution is 2.34. The summed E-state index contributed by atoms with van der Waals surface area (Å²) in [4.78, 5) is 12.2. The van der Waals surface area contributed by atoms with Gasteiger partial charge in [-0.15, -0.1) is 0 Å². The average molecular weight is 363 g/mol. The number of rotatable bonds is 4. The maximum atomic E-state index is 12.2. The molecule has 0 saturated carbocycles. The van der Waals surface area contributed by atoms with Crippen LogP contribution in [0.15, 0.2) is 46.9 Å². The minimum atomic E-state index is -0.385. The van der Waals surface area contributed by atoms with Gasteiger partial charge in [-0.3, -0.25) is 4.79 Å². The second kappa shape index (κ2) is 6.27. The van der Waals surface area contributed by atoms with Crippen molar-refractivity contribution in [3.63, 3.8) is 0 Å². The molecule has 0 bridgehead atoms. The van der Waals surface area contributed by atoms with Gasteiger partial charge in [0.15, 0.2) is 11.5 Å². The molecule has 114 valence electrons. The summed E-state index contributed by atoms with van der Waals surface area (Å²) < 4.78 is 11.6. The van der Waals surface area contributed by atoms with E-state index in [4.69, 9.17) is 9.47 Å². The molecule has 1 aliphatic rings. The van der Waals surface area contributed by atoms with Gasteiger partial charge in [0.05, 0.1) is 0 Å². The van der Waals surface area contributed by atoms with Crippen LogP contribution in [0.1, 0.15) is 6.92 Å². The summed E-state index contributed by atoms with van der Waals surface area (Å²) in [7, 11) is 0. The number of carbonyl (C=O) groups excluding carboxylic acids is 1. The molecule has 0 aromatic heterocycles. The second-order valence-electron chi connectivity index (χ2n) is 4.93. The van der Waals surface area contributed by atoms with Crippen molar-refractivity contribution in [2.75, 3.05) is 17.4 Å². The molecule has 22 heavy (non-hydrogen) atoms. The van der Waals surface area contributed by atoms with E-state index in [-0.39, 0.29) is 18.7 Å². The Balaban J connectivity index is 1.62. The second-order valence-corrected chi connectivity index (χ2v) is 5.85. The summed E-state index contributed by atoms with van der Waals surface area (Å²) in [5.74, 6) is 1.29. The van der Waals surface area contributed by atoms with Crippen molar-refractivity contribution in [3.05, 3.63) is 46.9 Å². The van der Waals surface area contributed by atoms with Crippen LogP contribution >= 0.6 is 15.9 Å². The van der Waals surface area contributed by atoms with Gasteiger partial charge in [-0.1, -0.05) is 15.9 Å². The zero-order chi connectivity index (χ0) is 15.5. The van der Waals surface area contributed by atoms with Gasteiger partial charge in [-0.2, -0.15) is 0 Å². The van der Waals surface area contributed by atoms with Crippen LogP contribution in [0.5, 0.6) is 11.5 Å². The summed E-state index contributed by atoms with van der Waals surface area (Å²) in [6.45, 7) is 2.04. The van der Waals surface area contributed by atoms with Crippen LogP contribution in [-0.4, -0.2) is 18.7 Å². The van der Waals surface area contributed by atoms with Crippen molar-refractivity contribution in [1.29, 1.82) is 0 Å². The molecule has 3 rings (SSSR count). The monoisotopic (exact) mass is 362 g/mol. The Morgan fingerprint density at radius 2 is 1.77 bits per heavy atom. The van der Waals surface area contributed by atoms with E-state index in [1.165, 1.54) is 0 Å². The molecule has 0 aliphatic carbocycles. The summed E-state index contributed by atoms with van der Waals surface area (Å²) >= 11 is 3.36. The van der Waals surface area contributed by atoms with Crippen LogP contribution in [0.2, 0.25) is 0 Å². The van der Waals surface area contributed by atoms with Gasteiger partial charge in [-0.05, 0) is 43.3 Å². The number of benzene rings is 2. The smallest absolute Gasteiger partial charge is 0.246 e. The van der Waals surface area contributed by atoms with Gasteiger partial charge >= 0.3 is 0 Å². The molecule has 1 heterocycles. The van der Waals surface area contributed by atoms with E-state index in [1.54, 1.807) is 6.92 Å². The number of hydrogen-bond acceptors (Lipinski definition) is 4. The third kappa shape index (κ3) is 3.33. The molecule has 0 saturated heterocycles. The van der Waals surface area contributed by atoms with Gasteiger partial charge in [0.2, 0.25) is 12.7 Å². The van der Waals surface area contributed by atoms with Gasteiger partial charge in [0.25, 0.3) is 0 Å². The summed E-state index contributed by atoms with van der Waals surface area (Å²) in [5, 5.41) is 6.01. The molecule has 1 atom stereocenters. The van der Waals surface area contributed by atoms with Crippen molar-refractivity contribution >= 4 is 33.2 Å². The highest BCUT2D eigenvalue weighted by molar-refractivity contribution is 9.10. The fourth-order valence-corrected chi connectivity index (χ4v) is 2.35. The Labute approximate surface area is 136 Å². The minimum absolute atomic E-state index is 0.111. The molecule has 0 unspecified atom stereocenters. The van der Waals surface area contributed by atoms with Crippen molar-refractivity contribution in [3.8, 4) is 11.5 Å². The first-order chi connectivity index (χ1) is 10.6. The number of halogens is 1. The highest BCUT2D eigenvalue weighted by atomic mass is 79.9. The van der Waals surface area contributed by atoms with Crippen molar-refractivity contribution in [1.82, 2.24) is 0 Å². The fourth-order valence-electron chi connectivity index (χ4n) is 2.09. The predicted octanol–water partition coefficient (Wildman–Crippen LogP) is 3.62. The molecule has 2 aromatic carbocycles. The third-order valence-electron chi connectivity index (χ3n) is 3.26. The van der Waals surface area contributed by atoms with Gasteiger partial charge in [0, 0.05) is 21.9 Å². The number of hydrogen-bond donors (Lipinski definition) is 2. The van der Waals surface area contributed by atoms with Gasteiger partial charge in [0.1, 0.15) is 6.04 Å². The number of ether oxygens (including phenoxy) is 2. The lowest BCUT2D eigenvalue weighted by Gasteiger charge is -2.15. The predicted molar refractivity (Wildman–Crippen MR) is 88.4 cm³/mol. The first-order valence-electron chi connectivity index (χ1n) is 6.84. The lowest BCUT2D eigenvalue weighted by molar-refractivity contribution is -0.116. The maximum Gasteiger partial charge on any atom is 0.246 e. The molecule has 0 radical (unpaired) electrons. The molecule has 5 nitrogen and oxygen atoms in total. The minimum Gasteiger partial charge on any atom is -0.454 e. The highest BCUT2D eigenvalue weighted by Gasteiger charge is 2.16. The summed E-state index contributed by atoms with van der Waals surface area (Å²) in [5.41, 5.74) is 1.57. The Morgan fingerprint density at radius 3 is 2.55 bits per heavy atom. The van der Waals surface area contributed by atoms with Crippen molar-refractivity contribution < 1.29 is 14.3 Å². The van der Waals surface area contributed by atoms with Crippen LogP contribution in [0, 0.1) is 0 Å². The van der Waals surface area contributed by atoms with E-state index in [0.717, 1.165) is 21.6 Å². The summed E-state index contributed by atoms with van der Waals surface area (Å²) in [6, 6.07) is 12.6. The Morgan fingerprint density at radius 1 is 1.09 bits per heavy atom. The average Bonchev–Trinajstić information content (AvgIpc) is 2.97. The van der Waals surface area contributed by atoms with Gasteiger partial charge in [-0.25, -0.2) is 0 Å². The Bertz CT molecular complexity index is 688. The fraction of sp³-hybridized carbons (Fsp3) is 0.188. The van der Waals surface area contributed by atoms with E-state index < -0.39 is 0 Å². The van der Waals surface area contributed by atoms with E-state index in [1.807, 2.05) is 42.5 Å².